The molecule has 0 fully saturated rings. The standard InChI is InChI=1S/C14H20N4O3/c1-3-7-15-13(20)9-16-14(21)18-12-6-4-5-11(8-12)17-10(2)19/h4-6,8H,3,7,9H2,1-2H3,(H,15,20)(H,17,19)(H2,16,18,21). The molecular weight excluding hydrogens is 272 g/mol. The van der Waals surface area contributed by atoms with E-state index in [1.165, 1.54) is 6.92 Å². The van der Waals surface area contributed by atoms with Gasteiger partial charge in [-0.25, -0.2) is 4.79 Å². The number of carbonyl (C=O) groups excluding carboxylic acids is 3. The third-order valence-corrected chi connectivity index (χ3v) is 2.42. The molecule has 4 amide bonds. The zero-order valence-electron chi connectivity index (χ0n) is 12.2. The number of carbonyl (C=O) groups is 3. The second-order valence-electron chi connectivity index (χ2n) is 4.42. The van der Waals surface area contributed by atoms with E-state index in [1.807, 2.05) is 6.92 Å². The second-order valence-corrected chi connectivity index (χ2v) is 4.42. The van der Waals surface area contributed by atoms with Crippen LogP contribution in [-0.2, 0) is 9.59 Å². The van der Waals surface area contributed by atoms with Crippen LogP contribution >= 0.6 is 0 Å². The Hall–Kier alpha value is -2.57. The predicted octanol–water partition coefficient (Wildman–Crippen LogP) is 1.29. The molecule has 0 aliphatic heterocycles. The van der Waals surface area contributed by atoms with Crippen molar-refractivity contribution >= 4 is 29.2 Å². The minimum absolute atomic E-state index is 0.0861. The smallest absolute Gasteiger partial charge is 0.319 e. The predicted molar refractivity (Wildman–Crippen MR) is 81.1 cm³/mol. The third kappa shape index (κ3) is 6.95. The summed E-state index contributed by atoms with van der Waals surface area (Å²) >= 11 is 0. The van der Waals surface area contributed by atoms with E-state index in [2.05, 4.69) is 21.3 Å². The van der Waals surface area contributed by atoms with E-state index in [9.17, 15) is 14.4 Å². The highest BCUT2D eigenvalue weighted by Gasteiger charge is 2.05. The van der Waals surface area contributed by atoms with Gasteiger partial charge < -0.3 is 21.3 Å². The Morgan fingerprint density at radius 3 is 2.33 bits per heavy atom. The molecule has 7 nitrogen and oxygen atoms in total. The quantitative estimate of drug-likeness (QED) is 0.635. The fourth-order valence-electron chi connectivity index (χ4n) is 1.54. The van der Waals surface area contributed by atoms with Gasteiger partial charge in [-0.15, -0.1) is 0 Å². The molecule has 0 unspecified atom stereocenters. The van der Waals surface area contributed by atoms with Gasteiger partial charge in [-0.05, 0) is 24.6 Å². The number of anilines is 2. The first-order valence-corrected chi connectivity index (χ1v) is 6.70. The van der Waals surface area contributed by atoms with Gasteiger partial charge in [0.05, 0.1) is 6.54 Å². The van der Waals surface area contributed by atoms with Gasteiger partial charge in [0, 0.05) is 24.8 Å². The van der Waals surface area contributed by atoms with E-state index in [0.29, 0.717) is 17.9 Å². The molecule has 0 bridgehead atoms. The van der Waals surface area contributed by atoms with Gasteiger partial charge in [-0.2, -0.15) is 0 Å². The molecule has 0 spiro atoms. The summed E-state index contributed by atoms with van der Waals surface area (Å²) < 4.78 is 0. The molecule has 0 aliphatic carbocycles. The van der Waals surface area contributed by atoms with Crippen LogP contribution in [0.25, 0.3) is 0 Å². The molecular formula is C14H20N4O3. The zero-order chi connectivity index (χ0) is 15.7. The van der Waals surface area contributed by atoms with E-state index in [-0.39, 0.29) is 18.4 Å². The number of urea groups is 1. The molecule has 0 aromatic heterocycles. The lowest BCUT2D eigenvalue weighted by Crippen LogP contribution is -2.39. The van der Waals surface area contributed by atoms with Crippen LogP contribution in [0.4, 0.5) is 16.2 Å². The van der Waals surface area contributed by atoms with Gasteiger partial charge >= 0.3 is 6.03 Å². The zero-order valence-corrected chi connectivity index (χ0v) is 12.2. The topological polar surface area (TPSA) is 99.3 Å². The van der Waals surface area contributed by atoms with Gasteiger partial charge in [0.2, 0.25) is 11.8 Å². The Labute approximate surface area is 123 Å². The maximum atomic E-state index is 11.6. The lowest BCUT2D eigenvalue weighted by molar-refractivity contribution is -0.120. The summed E-state index contributed by atoms with van der Waals surface area (Å²) in [5.41, 5.74) is 1.11. The molecule has 0 saturated heterocycles. The summed E-state index contributed by atoms with van der Waals surface area (Å²) in [7, 11) is 0. The highest BCUT2D eigenvalue weighted by atomic mass is 16.2. The molecule has 0 heterocycles. The van der Waals surface area contributed by atoms with E-state index in [4.69, 9.17) is 0 Å². The number of amides is 4. The molecule has 1 rings (SSSR count). The summed E-state index contributed by atoms with van der Waals surface area (Å²) in [4.78, 5) is 33.9. The minimum atomic E-state index is -0.485. The Balaban J connectivity index is 2.44. The van der Waals surface area contributed by atoms with E-state index < -0.39 is 6.03 Å². The maximum absolute atomic E-state index is 11.6. The molecule has 1 aromatic carbocycles. The van der Waals surface area contributed by atoms with Gasteiger partial charge in [-0.1, -0.05) is 13.0 Å². The average molecular weight is 292 g/mol. The molecule has 7 heteroatoms. The Morgan fingerprint density at radius 1 is 1.05 bits per heavy atom. The Bertz CT molecular complexity index is 517. The van der Waals surface area contributed by atoms with Gasteiger partial charge in [0.1, 0.15) is 0 Å². The van der Waals surface area contributed by atoms with Gasteiger partial charge in [0.15, 0.2) is 0 Å². The molecule has 0 saturated carbocycles. The SMILES string of the molecule is CCCNC(=O)CNC(=O)Nc1cccc(NC(C)=O)c1. The summed E-state index contributed by atoms with van der Waals surface area (Å²) in [5, 5.41) is 10.3. The van der Waals surface area contributed by atoms with Crippen molar-refractivity contribution in [3.8, 4) is 0 Å². The number of benzene rings is 1. The number of nitrogens with one attached hydrogen (secondary N) is 4. The van der Waals surface area contributed by atoms with Crippen LogP contribution in [-0.4, -0.2) is 30.9 Å². The third-order valence-electron chi connectivity index (χ3n) is 2.42. The van der Waals surface area contributed by atoms with Crippen LogP contribution in [0.3, 0.4) is 0 Å². The van der Waals surface area contributed by atoms with Crippen molar-refractivity contribution in [2.24, 2.45) is 0 Å². The van der Waals surface area contributed by atoms with Crippen molar-refractivity contribution in [1.82, 2.24) is 10.6 Å². The van der Waals surface area contributed by atoms with Crippen molar-refractivity contribution in [3.05, 3.63) is 24.3 Å². The fourth-order valence-corrected chi connectivity index (χ4v) is 1.54. The van der Waals surface area contributed by atoms with Crippen molar-refractivity contribution in [1.29, 1.82) is 0 Å². The normalized spacial score (nSPS) is 9.62. The van der Waals surface area contributed by atoms with Crippen LogP contribution in [0.15, 0.2) is 24.3 Å². The fraction of sp³-hybridized carbons (Fsp3) is 0.357. The van der Waals surface area contributed by atoms with E-state index >= 15 is 0 Å². The molecule has 0 atom stereocenters. The van der Waals surface area contributed by atoms with Gasteiger partial charge in [-0.3, -0.25) is 9.59 Å². The first-order chi connectivity index (χ1) is 10.0. The molecule has 21 heavy (non-hydrogen) atoms. The van der Waals surface area contributed by atoms with Crippen molar-refractivity contribution < 1.29 is 14.4 Å². The van der Waals surface area contributed by atoms with E-state index in [1.54, 1.807) is 24.3 Å². The van der Waals surface area contributed by atoms with Crippen LogP contribution in [0, 0.1) is 0 Å². The summed E-state index contributed by atoms with van der Waals surface area (Å²) in [6.45, 7) is 3.85. The molecule has 4 N–H and O–H groups in total. The van der Waals surface area contributed by atoms with Gasteiger partial charge in [0.25, 0.3) is 0 Å². The number of rotatable bonds is 6. The molecule has 114 valence electrons. The monoisotopic (exact) mass is 292 g/mol. The summed E-state index contributed by atoms with van der Waals surface area (Å²) in [6, 6.07) is 6.24. The van der Waals surface area contributed by atoms with Crippen LogP contribution in [0.2, 0.25) is 0 Å². The van der Waals surface area contributed by atoms with E-state index in [0.717, 1.165) is 6.42 Å². The lowest BCUT2D eigenvalue weighted by Gasteiger charge is -2.09. The molecule has 0 aliphatic rings. The molecule has 1 aromatic rings. The van der Waals surface area contributed by atoms with Crippen LogP contribution < -0.4 is 21.3 Å². The van der Waals surface area contributed by atoms with Crippen LogP contribution in [0.1, 0.15) is 20.3 Å². The highest BCUT2D eigenvalue weighted by molar-refractivity contribution is 5.94. The highest BCUT2D eigenvalue weighted by Crippen LogP contribution is 2.14. The van der Waals surface area contributed by atoms with Crippen molar-refractivity contribution in [2.45, 2.75) is 20.3 Å². The van der Waals surface area contributed by atoms with Crippen molar-refractivity contribution in [2.75, 3.05) is 23.7 Å². The second kappa shape index (κ2) is 8.57. The number of hydrogen-bond donors (Lipinski definition) is 4. The summed E-state index contributed by atoms with van der Waals surface area (Å²) in [6.07, 6.45) is 0.841. The Morgan fingerprint density at radius 2 is 1.71 bits per heavy atom. The maximum Gasteiger partial charge on any atom is 0.319 e. The first-order valence-electron chi connectivity index (χ1n) is 6.70. The van der Waals surface area contributed by atoms with Crippen molar-refractivity contribution in [3.63, 3.8) is 0 Å². The molecule has 0 radical (unpaired) electrons. The summed E-state index contributed by atoms with van der Waals surface area (Å²) in [5.74, 6) is -0.428. The Kier molecular flexibility index (Phi) is 6.73. The number of hydrogen-bond acceptors (Lipinski definition) is 3. The van der Waals surface area contributed by atoms with Crippen LogP contribution in [0.5, 0.6) is 0 Å². The lowest BCUT2D eigenvalue weighted by atomic mass is 10.3. The minimum Gasteiger partial charge on any atom is -0.355 e. The largest absolute Gasteiger partial charge is 0.355 e. The first kappa shape index (κ1) is 16.5. The average Bonchev–Trinajstić information content (AvgIpc) is 2.42.